The van der Waals surface area contributed by atoms with Crippen molar-refractivity contribution in [2.75, 3.05) is 13.2 Å². The zero-order chi connectivity index (χ0) is 9.31. The molecule has 0 bridgehead atoms. The second-order valence-corrected chi connectivity index (χ2v) is 4.47. The van der Waals surface area contributed by atoms with E-state index in [1.165, 1.54) is 6.42 Å². The molecule has 76 valence electrons. The molecule has 1 saturated carbocycles. The summed E-state index contributed by atoms with van der Waals surface area (Å²) < 4.78 is 5.68. The molecule has 2 unspecified atom stereocenters. The van der Waals surface area contributed by atoms with Crippen molar-refractivity contribution in [3.8, 4) is 0 Å². The monoisotopic (exact) mass is 185 g/mol. The second kappa shape index (κ2) is 3.56. The highest BCUT2D eigenvalue weighted by Crippen LogP contribution is 2.34. The molecule has 3 heteroatoms. The number of aliphatic hydroxyl groups excluding tert-OH is 1. The summed E-state index contributed by atoms with van der Waals surface area (Å²) in [7, 11) is 0. The molecule has 0 radical (unpaired) electrons. The summed E-state index contributed by atoms with van der Waals surface area (Å²) in [5, 5.41) is 12.5. The summed E-state index contributed by atoms with van der Waals surface area (Å²) in [6.45, 7) is 3.30. The first-order valence-electron chi connectivity index (χ1n) is 5.25. The molecule has 0 aromatic rings. The lowest BCUT2D eigenvalue weighted by atomic mass is 10.2. The van der Waals surface area contributed by atoms with Gasteiger partial charge in [-0.15, -0.1) is 0 Å². The van der Waals surface area contributed by atoms with Crippen LogP contribution >= 0.6 is 0 Å². The largest absolute Gasteiger partial charge is 0.394 e. The van der Waals surface area contributed by atoms with Gasteiger partial charge in [0.05, 0.1) is 18.8 Å². The molecular weight excluding hydrogens is 166 g/mol. The maximum Gasteiger partial charge on any atom is 0.0704 e. The zero-order valence-corrected chi connectivity index (χ0v) is 8.25. The summed E-state index contributed by atoms with van der Waals surface area (Å²) in [5.41, 5.74) is 0.0647. The summed E-state index contributed by atoms with van der Waals surface area (Å²) in [5.74, 6) is 0. The van der Waals surface area contributed by atoms with Gasteiger partial charge in [0, 0.05) is 12.1 Å². The lowest BCUT2D eigenvalue weighted by Gasteiger charge is -2.18. The van der Waals surface area contributed by atoms with Crippen molar-refractivity contribution >= 4 is 0 Å². The van der Waals surface area contributed by atoms with E-state index in [0.29, 0.717) is 12.2 Å². The molecule has 1 heterocycles. The molecule has 13 heavy (non-hydrogen) atoms. The Morgan fingerprint density at radius 1 is 1.46 bits per heavy atom. The minimum atomic E-state index is 0.0647. The highest BCUT2D eigenvalue weighted by atomic mass is 16.5. The molecule has 1 saturated heterocycles. The van der Waals surface area contributed by atoms with E-state index in [9.17, 15) is 0 Å². The molecule has 0 spiro atoms. The van der Waals surface area contributed by atoms with Crippen LogP contribution in [-0.4, -0.2) is 36.0 Å². The van der Waals surface area contributed by atoms with Gasteiger partial charge in [-0.05, 0) is 32.6 Å². The van der Waals surface area contributed by atoms with Crippen LogP contribution in [0.5, 0.6) is 0 Å². The molecular formula is C10H19NO2. The predicted octanol–water partition coefficient (Wildman–Crippen LogP) is 0.668. The van der Waals surface area contributed by atoms with E-state index in [0.717, 1.165) is 25.8 Å². The van der Waals surface area contributed by atoms with Crippen molar-refractivity contribution in [2.45, 2.75) is 50.4 Å². The van der Waals surface area contributed by atoms with Crippen LogP contribution in [0.3, 0.4) is 0 Å². The fourth-order valence-electron chi connectivity index (χ4n) is 1.91. The molecule has 0 aromatic carbocycles. The Morgan fingerprint density at radius 3 is 2.69 bits per heavy atom. The SMILES string of the molecule is CC1CCC(CNC2(CO)CC2)O1. The highest BCUT2D eigenvalue weighted by Gasteiger charge is 2.42. The van der Waals surface area contributed by atoms with Gasteiger partial charge in [0.1, 0.15) is 0 Å². The fourth-order valence-corrected chi connectivity index (χ4v) is 1.91. The first-order chi connectivity index (χ1) is 6.24. The average Bonchev–Trinajstić information content (AvgIpc) is 2.81. The molecule has 3 nitrogen and oxygen atoms in total. The molecule has 2 aliphatic rings. The van der Waals surface area contributed by atoms with Crippen LogP contribution in [-0.2, 0) is 4.74 Å². The number of hydrogen-bond acceptors (Lipinski definition) is 3. The minimum absolute atomic E-state index is 0.0647. The van der Waals surface area contributed by atoms with Crippen molar-refractivity contribution in [3.05, 3.63) is 0 Å². The minimum Gasteiger partial charge on any atom is -0.394 e. The van der Waals surface area contributed by atoms with Gasteiger partial charge in [0.2, 0.25) is 0 Å². The van der Waals surface area contributed by atoms with Crippen molar-refractivity contribution in [1.29, 1.82) is 0 Å². The van der Waals surface area contributed by atoms with Crippen molar-refractivity contribution in [3.63, 3.8) is 0 Å². The van der Waals surface area contributed by atoms with Crippen molar-refractivity contribution < 1.29 is 9.84 Å². The van der Waals surface area contributed by atoms with Gasteiger partial charge in [0.15, 0.2) is 0 Å². The third-order valence-electron chi connectivity index (χ3n) is 3.18. The summed E-state index contributed by atoms with van der Waals surface area (Å²) in [6.07, 6.45) is 5.38. The maximum atomic E-state index is 9.08. The zero-order valence-electron chi connectivity index (χ0n) is 8.25. The van der Waals surface area contributed by atoms with Gasteiger partial charge in [0.25, 0.3) is 0 Å². The normalized spacial score (nSPS) is 36.5. The van der Waals surface area contributed by atoms with Crippen LogP contribution < -0.4 is 5.32 Å². The quantitative estimate of drug-likeness (QED) is 0.676. The van der Waals surface area contributed by atoms with E-state index in [1.54, 1.807) is 0 Å². The Bertz CT molecular complexity index is 180. The summed E-state index contributed by atoms with van der Waals surface area (Å²) >= 11 is 0. The van der Waals surface area contributed by atoms with Gasteiger partial charge >= 0.3 is 0 Å². The predicted molar refractivity (Wildman–Crippen MR) is 50.6 cm³/mol. The van der Waals surface area contributed by atoms with E-state index in [-0.39, 0.29) is 12.1 Å². The van der Waals surface area contributed by atoms with Crippen molar-refractivity contribution in [1.82, 2.24) is 5.32 Å². The molecule has 2 N–H and O–H groups in total. The molecule has 2 atom stereocenters. The van der Waals surface area contributed by atoms with Gasteiger partial charge in [-0.2, -0.15) is 0 Å². The molecule has 2 fully saturated rings. The lowest BCUT2D eigenvalue weighted by molar-refractivity contribution is 0.0517. The van der Waals surface area contributed by atoms with Gasteiger partial charge in [-0.25, -0.2) is 0 Å². The van der Waals surface area contributed by atoms with E-state index >= 15 is 0 Å². The van der Waals surface area contributed by atoms with Crippen LogP contribution in [0.25, 0.3) is 0 Å². The Labute approximate surface area is 79.5 Å². The molecule has 1 aliphatic heterocycles. The maximum absolute atomic E-state index is 9.08. The molecule has 2 rings (SSSR count). The average molecular weight is 185 g/mol. The molecule has 1 aliphatic carbocycles. The Morgan fingerprint density at radius 2 is 2.23 bits per heavy atom. The van der Waals surface area contributed by atoms with Crippen LogP contribution in [0.4, 0.5) is 0 Å². The Hall–Kier alpha value is -0.120. The molecule has 0 aromatic heterocycles. The third kappa shape index (κ3) is 2.22. The molecule has 0 amide bonds. The van der Waals surface area contributed by atoms with Crippen LogP contribution in [0, 0.1) is 0 Å². The number of hydrogen-bond donors (Lipinski definition) is 2. The first kappa shape index (κ1) is 9.44. The smallest absolute Gasteiger partial charge is 0.0704 e. The van der Waals surface area contributed by atoms with Crippen molar-refractivity contribution in [2.24, 2.45) is 0 Å². The van der Waals surface area contributed by atoms with Crippen LogP contribution in [0.1, 0.15) is 32.6 Å². The fraction of sp³-hybridized carbons (Fsp3) is 1.00. The third-order valence-corrected chi connectivity index (χ3v) is 3.18. The van der Waals surface area contributed by atoms with E-state index in [1.807, 2.05) is 0 Å². The van der Waals surface area contributed by atoms with Crippen LogP contribution in [0.2, 0.25) is 0 Å². The number of ether oxygens (including phenoxy) is 1. The Balaban J connectivity index is 1.68. The number of nitrogens with one attached hydrogen (secondary N) is 1. The number of aliphatic hydroxyl groups is 1. The van der Waals surface area contributed by atoms with E-state index in [2.05, 4.69) is 12.2 Å². The Kier molecular flexibility index (Phi) is 2.58. The van der Waals surface area contributed by atoms with Crippen LogP contribution in [0.15, 0.2) is 0 Å². The summed E-state index contributed by atoms with van der Waals surface area (Å²) in [4.78, 5) is 0. The number of rotatable bonds is 4. The standard InChI is InChI=1S/C10H19NO2/c1-8-2-3-9(13-8)6-11-10(7-12)4-5-10/h8-9,11-12H,2-7H2,1H3. The van der Waals surface area contributed by atoms with E-state index < -0.39 is 0 Å². The first-order valence-corrected chi connectivity index (χ1v) is 5.25. The lowest BCUT2D eigenvalue weighted by Crippen LogP contribution is -2.39. The van der Waals surface area contributed by atoms with E-state index in [4.69, 9.17) is 9.84 Å². The van der Waals surface area contributed by atoms with Gasteiger partial charge < -0.3 is 15.2 Å². The highest BCUT2D eigenvalue weighted by molar-refractivity contribution is 5.01. The topological polar surface area (TPSA) is 41.5 Å². The second-order valence-electron chi connectivity index (χ2n) is 4.47. The van der Waals surface area contributed by atoms with Gasteiger partial charge in [-0.3, -0.25) is 0 Å². The summed E-state index contributed by atoms with van der Waals surface area (Å²) in [6, 6.07) is 0. The van der Waals surface area contributed by atoms with Gasteiger partial charge in [-0.1, -0.05) is 0 Å².